The first kappa shape index (κ1) is 20.6. The van der Waals surface area contributed by atoms with Gasteiger partial charge in [0.1, 0.15) is 17.2 Å². The third kappa shape index (κ3) is 6.47. The smallest absolute Gasteiger partial charge is 0.203 e. The summed E-state index contributed by atoms with van der Waals surface area (Å²) in [4.78, 5) is 0. The molecule has 6 heteroatoms. The van der Waals surface area contributed by atoms with Crippen LogP contribution in [0.25, 0.3) is 0 Å². The molecule has 2 aromatic carbocycles. The number of phenolic OH excluding ortho intramolecular Hbond substituents is 1. The van der Waals surface area contributed by atoms with Crippen molar-refractivity contribution in [2.75, 3.05) is 27.4 Å². The molecule has 0 bridgehead atoms. The highest BCUT2D eigenvalue weighted by molar-refractivity contribution is 5.55. The predicted molar refractivity (Wildman–Crippen MR) is 104 cm³/mol. The van der Waals surface area contributed by atoms with E-state index in [4.69, 9.17) is 23.7 Å². The maximum absolute atomic E-state index is 9.65. The third-order valence-electron chi connectivity index (χ3n) is 3.69. The van der Waals surface area contributed by atoms with Crippen LogP contribution in [0.15, 0.2) is 36.4 Å². The minimum absolute atomic E-state index is 0.0641. The van der Waals surface area contributed by atoms with Crippen LogP contribution in [0.2, 0.25) is 0 Å². The van der Waals surface area contributed by atoms with Gasteiger partial charge >= 0.3 is 0 Å². The molecular weight excluding hydrogens is 348 g/mol. The van der Waals surface area contributed by atoms with Gasteiger partial charge in [-0.1, -0.05) is 0 Å². The number of hydrogen-bond donors (Lipinski definition) is 1. The normalized spacial score (nSPS) is 10.6. The van der Waals surface area contributed by atoms with Crippen LogP contribution < -0.4 is 23.7 Å². The Labute approximate surface area is 160 Å². The van der Waals surface area contributed by atoms with E-state index in [1.54, 1.807) is 0 Å². The Morgan fingerprint density at radius 3 is 1.85 bits per heavy atom. The molecule has 0 radical (unpaired) electrons. The number of unbranched alkanes of at least 4 members (excludes halogenated alkanes) is 1. The molecule has 0 unspecified atom stereocenters. The van der Waals surface area contributed by atoms with Gasteiger partial charge in [-0.3, -0.25) is 0 Å². The van der Waals surface area contributed by atoms with Gasteiger partial charge in [0.25, 0.3) is 0 Å². The Morgan fingerprint density at radius 1 is 0.815 bits per heavy atom. The highest BCUT2D eigenvalue weighted by Crippen LogP contribution is 2.40. The van der Waals surface area contributed by atoms with Gasteiger partial charge in [-0.05, 0) is 51.0 Å². The van der Waals surface area contributed by atoms with Crippen molar-refractivity contribution in [1.82, 2.24) is 0 Å². The Bertz CT molecular complexity index is 671. The SMILES string of the molecule is COc1cc(O)cc(OC)c1OCCCCOc1ccc(OC(C)C)cc1. The molecular formula is C21H28O6. The summed E-state index contributed by atoms with van der Waals surface area (Å²) < 4.78 is 27.6. The quantitative estimate of drug-likeness (QED) is 0.585. The minimum Gasteiger partial charge on any atom is -0.508 e. The standard InChI is InChI=1S/C21H28O6/c1-15(2)27-18-9-7-17(8-10-18)25-11-5-6-12-26-21-19(23-3)13-16(22)14-20(21)24-4/h7-10,13-15,22H,5-6,11-12H2,1-4H3. The van der Waals surface area contributed by atoms with Crippen LogP contribution in [0.5, 0.6) is 34.5 Å². The Hall–Kier alpha value is -2.76. The molecule has 0 spiro atoms. The summed E-state index contributed by atoms with van der Waals surface area (Å²) in [5.41, 5.74) is 0. The fourth-order valence-corrected chi connectivity index (χ4v) is 2.46. The fourth-order valence-electron chi connectivity index (χ4n) is 2.46. The Balaban J connectivity index is 1.73. The van der Waals surface area contributed by atoms with E-state index in [1.807, 2.05) is 38.1 Å². The highest BCUT2D eigenvalue weighted by atomic mass is 16.5. The van der Waals surface area contributed by atoms with Crippen molar-refractivity contribution in [2.24, 2.45) is 0 Å². The second-order valence-corrected chi connectivity index (χ2v) is 6.22. The van der Waals surface area contributed by atoms with E-state index < -0.39 is 0 Å². The molecule has 6 nitrogen and oxygen atoms in total. The molecule has 0 atom stereocenters. The largest absolute Gasteiger partial charge is 0.508 e. The van der Waals surface area contributed by atoms with Gasteiger partial charge in [0, 0.05) is 12.1 Å². The summed E-state index contributed by atoms with van der Waals surface area (Å²) in [6.45, 7) is 5.07. The van der Waals surface area contributed by atoms with Crippen molar-refractivity contribution < 1.29 is 28.8 Å². The topological polar surface area (TPSA) is 66.4 Å². The summed E-state index contributed by atoms with van der Waals surface area (Å²) in [7, 11) is 3.04. The van der Waals surface area contributed by atoms with Crippen molar-refractivity contribution in [3.05, 3.63) is 36.4 Å². The summed E-state index contributed by atoms with van der Waals surface area (Å²) in [6, 6.07) is 10.6. The molecule has 2 rings (SSSR count). The van der Waals surface area contributed by atoms with Gasteiger partial charge in [0.05, 0.1) is 33.5 Å². The van der Waals surface area contributed by atoms with Gasteiger partial charge in [0.2, 0.25) is 5.75 Å². The van der Waals surface area contributed by atoms with Crippen LogP contribution in [0.3, 0.4) is 0 Å². The van der Waals surface area contributed by atoms with E-state index in [0.717, 1.165) is 24.3 Å². The van der Waals surface area contributed by atoms with E-state index in [0.29, 0.717) is 30.5 Å². The van der Waals surface area contributed by atoms with Crippen LogP contribution in [-0.4, -0.2) is 38.6 Å². The molecule has 0 amide bonds. The predicted octanol–water partition coefficient (Wildman–Crippen LogP) is 4.43. The fraction of sp³-hybridized carbons (Fsp3) is 0.429. The van der Waals surface area contributed by atoms with Gasteiger partial charge in [0.15, 0.2) is 11.5 Å². The van der Waals surface area contributed by atoms with Crippen molar-refractivity contribution >= 4 is 0 Å². The number of phenols is 1. The van der Waals surface area contributed by atoms with E-state index in [-0.39, 0.29) is 11.9 Å². The zero-order chi connectivity index (χ0) is 19.6. The van der Waals surface area contributed by atoms with Gasteiger partial charge in [-0.2, -0.15) is 0 Å². The molecule has 0 saturated heterocycles. The van der Waals surface area contributed by atoms with Crippen molar-refractivity contribution in [1.29, 1.82) is 0 Å². The summed E-state index contributed by atoms with van der Waals surface area (Å²) in [6.07, 6.45) is 1.80. The Morgan fingerprint density at radius 2 is 1.33 bits per heavy atom. The number of methoxy groups -OCH3 is 2. The van der Waals surface area contributed by atoms with Gasteiger partial charge in [-0.15, -0.1) is 0 Å². The van der Waals surface area contributed by atoms with Crippen LogP contribution in [0.1, 0.15) is 26.7 Å². The van der Waals surface area contributed by atoms with Crippen molar-refractivity contribution in [3.63, 3.8) is 0 Å². The monoisotopic (exact) mass is 376 g/mol. The lowest BCUT2D eigenvalue weighted by Gasteiger charge is -2.15. The average molecular weight is 376 g/mol. The average Bonchev–Trinajstić information content (AvgIpc) is 2.65. The summed E-state index contributed by atoms with van der Waals surface area (Å²) in [5, 5.41) is 9.65. The molecule has 0 heterocycles. The number of rotatable bonds is 11. The maximum atomic E-state index is 9.65. The zero-order valence-electron chi connectivity index (χ0n) is 16.4. The number of benzene rings is 2. The minimum atomic E-state index is 0.0641. The lowest BCUT2D eigenvalue weighted by atomic mass is 10.2. The van der Waals surface area contributed by atoms with E-state index >= 15 is 0 Å². The first-order valence-electron chi connectivity index (χ1n) is 9.00. The number of hydrogen-bond acceptors (Lipinski definition) is 6. The van der Waals surface area contributed by atoms with Gasteiger partial charge in [-0.25, -0.2) is 0 Å². The molecule has 0 aliphatic heterocycles. The highest BCUT2D eigenvalue weighted by Gasteiger charge is 2.13. The number of ether oxygens (including phenoxy) is 5. The second-order valence-electron chi connectivity index (χ2n) is 6.22. The van der Waals surface area contributed by atoms with Crippen LogP contribution in [0.4, 0.5) is 0 Å². The number of aromatic hydroxyl groups is 1. The van der Waals surface area contributed by atoms with Crippen LogP contribution in [0, 0.1) is 0 Å². The summed E-state index contributed by atoms with van der Waals surface area (Å²) in [5.74, 6) is 3.07. The first-order valence-corrected chi connectivity index (χ1v) is 9.00. The maximum Gasteiger partial charge on any atom is 0.203 e. The summed E-state index contributed by atoms with van der Waals surface area (Å²) >= 11 is 0. The molecule has 0 aliphatic rings. The van der Waals surface area contributed by atoms with Crippen LogP contribution in [-0.2, 0) is 0 Å². The second kappa shape index (κ2) is 10.4. The van der Waals surface area contributed by atoms with E-state index in [9.17, 15) is 5.11 Å². The van der Waals surface area contributed by atoms with E-state index in [2.05, 4.69) is 0 Å². The van der Waals surface area contributed by atoms with Crippen molar-refractivity contribution in [3.8, 4) is 34.5 Å². The Kier molecular flexibility index (Phi) is 7.92. The lowest BCUT2D eigenvalue weighted by Crippen LogP contribution is -2.06. The van der Waals surface area contributed by atoms with Crippen LogP contribution >= 0.6 is 0 Å². The molecule has 0 aliphatic carbocycles. The van der Waals surface area contributed by atoms with Gasteiger partial charge < -0.3 is 28.8 Å². The molecule has 0 fully saturated rings. The molecule has 0 saturated carbocycles. The molecule has 0 aromatic heterocycles. The molecule has 2 aromatic rings. The van der Waals surface area contributed by atoms with Crippen molar-refractivity contribution in [2.45, 2.75) is 32.8 Å². The molecule has 1 N–H and O–H groups in total. The zero-order valence-corrected chi connectivity index (χ0v) is 16.4. The molecule has 148 valence electrons. The van der Waals surface area contributed by atoms with E-state index in [1.165, 1.54) is 26.4 Å². The molecule has 27 heavy (non-hydrogen) atoms. The lowest BCUT2D eigenvalue weighted by molar-refractivity contribution is 0.240. The first-order chi connectivity index (χ1) is 13.0. The third-order valence-corrected chi connectivity index (χ3v) is 3.69.